The van der Waals surface area contributed by atoms with Gasteiger partial charge in [-0.2, -0.15) is 0 Å². The van der Waals surface area contributed by atoms with E-state index in [9.17, 15) is 9.59 Å². The third kappa shape index (κ3) is 3.81. The molecule has 0 unspecified atom stereocenters. The van der Waals surface area contributed by atoms with Crippen LogP contribution in [0.5, 0.6) is 5.75 Å². The SMILES string of the molecule is C=CCN(CC=C)C(=O)C(=O)c1cc(Br)ccc1OC. The van der Waals surface area contributed by atoms with Crippen LogP contribution in [0.2, 0.25) is 0 Å². The predicted octanol–water partition coefficient (Wildman–Crippen LogP) is 2.84. The first-order valence-corrected chi connectivity index (χ1v) is 6.73. The van der Waals surface area contributed by atoms with Crippen molar-refractivity contribution in [2.75, 3.05) is 20.2 Å². The molecule has 0 atom stereocenters. The van der Waals surface area contributed by atoms with Crippen molar-refractivity contribution < 1.29 is 14.3 Å². The Balaban J connectivity index is 3.09. The minimum atomic E-state index is -0.619. The summed E-state index contributed by atoms with van der Waals surface area (Å²) in [5.74, 6) is -0.864. The summed E-state index contributed by atoms with van der Waals surface area (Å²) < 4.78 is 5.82. The first kappa shape index (κ1) is 16.2. The summed E-state index contributed by atoms with van der Waals surface area (Å²) in [6.45, 7) is 7.72. The van der Waals surface area contributed by atoms with Gasteiger partial charge in [0.1, 0.15) is 5.75 Å². The first-order chi connectivity index (χ1) is 9.54. The number of ketones is 1. The predicted molar refractivity (Wildman–Crippen MR) is 82.0 cm³/mol. The van der Waals surface area contributed by atoms with E-state index in [0.717, 1.165) is 0 Å². The fourth-order valence-corrected chi connectivity index (χ4v) is 2.03. The molecule has 0 fully saturated rings. The van der Waals surface area contributed by atoms with Gasteiger partial charge in [-0.1, -0.05) is 28.1 Å². The molecule has 0 bridgehead atoms. The van der Waals surface area contributed by atoms with Gasteiger partial charge >= 0.3 is 0 Å². The normalized spacial score (nSPS) is 9.70. The molecule has 0 radical (unpaired) electrons. The number of carbonyl (C=O) groups excluding carboxylic acids is 2. The van der Waals surface area contributed by atoms with Crippen molar-refractivity contribution in [1.29, 1.82) is 0 Å². The third-order valence-corrected chi connectivity index (χ3v) is 3.08. The van der Waals surface area contributed by atoms with E-state index in [1.54, 1.807) is 30.4 Å². The maximum atomic E-state index is 12.3. The van der Waals surface area contributed by atoms with Crippen molar-refractivity contribution in [3.8, 4) is 5.75 Å². The molecule has 1 amide bonds. The van der Waals surface area contributed by atoms with Crippen molar-refractivity contribution in [1.82, 2.24) is 4.90 Å². The molecule has 1 aromatic carbocycles. The number of amides is 1. The Morgan fingerprint density at radius 1 is 1.30 bits per heavy atom. The monoisotopic (exact) mass is 337 g/mol. The van der Waals surface area contributed by atoms with Gasteiger partial charge in [-0.05, 0) is 18.2 Å². The molecular weight excluding hydrogens is 322 g/mol. The number of hydrogen-bond donors (Lipinski definition) is 0. The molecule has 0 N–H and O–H groups in total. The Kier molecular flexibility index (Phi) is 6.18. The summed E-state index contributed by atoms with van der Waals surface area (Å²) in [6.07, 6.45) is 3.12. The summed E-state index contributed by atoms with van der Waals surface area (Å²) >= 11 is 3.28. The quantitative estimate of drug-likeness (QED) is 0.436. The molecule has 0 saturated heterocycles. The van der Waals surface area contributed by atoms with Crippen LogP contribution in [-0.2, 0) is 4.79 Å². The number of nitrogens with zero attached hydrogens (tertiary/aromatic N) is 1. The van der Waals surface area contributed by atoms with Gasteiger partial charge < -0.3 is 9.64 Å². The van der Waals surface area contributed by atoms with E-state index in [0.29, 0.717) is 10.2 Å². The van der Waals surface area contributed by atoms with Crippen molar-refractivity contribution in [3.05, 3.63) is 53.5 Å². The second kappa shape index (κ2) is 7.65. The van der Waals surface area contributed by atoms with Crippen LogP contribution in [-0.4, -0.2) is 36.8 Å². The van der Waals surface area contributed by atoms with Crippen molar-refractivity contribution >= 4 is 27.6 Å². The average molecular weight is 338 g/mol. The molecular formula is C15H16BrNO3. The van der Waals surface area contributed by atoms with E-state index < -0.39 is 11.7 Å². The van der Waals surface area contributed by atoms with E-state index in [1.807, 2.05) is 0 Å². The summed E-state index contributed by atoms with van der Waals surface area (Å²) in [4.78, 5) is 25.9. The van der Waals surface area contributed by atoms with Gasteiger partial charge in [0, 0.05) is 17.6 Å². The molecule has 1 rings (SSSR count). The summed E-state index contributed by atoms with van der Waals surface area (Å²) in [7, 11) is 1.45. The number of benzene rings is 1. The summed E-state index contributed by atoms with van der Waals surface area (Å²) in [5, 5.41) is 0. The molecule has 0 aliphatic heterocycles. The largest absolute Gasteiger partial charge is 0.496 e. The van der Waals surface area contributed by atoms with Crippen LogP contribution in [0.15, 0.2) is 48.0 Å². The molecule has 0 spiro atoms. The first-order valence-electron chi connectivity index (χ1n) is 5.94. The van der Waals surface area contributed by atoms with Crippen LogP contribution in [0.3, 0.4) is 0 Å². The molecule has 0 aliphatic carbocycles. The van der Waals surface area contributed by atoms with E-state index in [-0.39, 0.29) is 18.7 Å². The highest BCUT2D eigenvalue weighted by Crippen LogP contribution is 2.24. The maximum Gasteiger partial charge on any atom is 0.295 e. The van der Waals surface area contributed by atoms with Crippen molar-refractivity contribution in [3.63, 3.8) is 0 Å². The molecule has 106 valence electrons. The second-order valence-corrected chi connectivity index (χ2v) is 4.88. The second-order valence-electron chi connectivity index (χ2n) is 3.96. The van der Waals surface area contributed by atoms with Crippen LogP contribution in [0.1, 0.15) is 10.4 Å². The average Bonchev–Trinajstić information content (AvgIpc) is 2.45. The highest BCUT2D eigenvalue weighted by atomic mass is 79.9. The Bertz CT molecular complexity index is 530. The molecule has 20 heavy (non-hydrogen) atoms. The minimum Gasteiger partial charge on any atom is -0.496 e. The van der Waals surface area contributed by atoms with Crippen LogP contribution in [0.4, 0.5) is 0 Å². The zero-order chi connectivity index (χ0) is 15.1. The van der Waals surface area contributed by atoms with Gasteiger partial charge in [0.2, 0.25) is 0 Å². The molecule has 0 aromatic heterocycles. The van der Waals surface area contributed by atoms with E-state index >= 15 is 0 Å². The lowest BCUT2D eigenvalue weighted by atomic mass is 10.1. The van der Waals surface area contributed by atoms with E-state index in [1.165, 1.54) is 12.0 Å². The Morgan fingerprint density at radius 3 is 2.40 bits per heavy atom. The lowest BCUT2D eigenvalue weighted by molar-refractivity contribution is -0.125. The number of hydrogen-bond acceptors (Lipinski definition) is 3. The molecule has 0 aliphatic rings. The van der Waals surface area contributed by atoms with Crippen LogP contribution >= 0.6 is 15.9 Å². The number of ether oxygens (including phenoxy) is 1. The lowest BCUT2D eigenvalue weighted by Crippen LogP contribution is -2.37. The summed E-state index contributed by atoms with van der Waals surface area (Å²) in [6, 6.07) is 4.94. The maximum absolute atomic E-state index is 12.3. The number of methoxy groups -OCH3 is 1. The molecule has 5 heteroatoms. The van der Waals surface area contributed by atoms with Gasteiger partial charge in [0.15, 0.2) is 0 Å². The minimum absolute atomic E-state index is 0.227. The Morgan fingerprint density at radius 2 is 1.90 bits per heavy atom. The van der Waals surface area contributed by atoms with Gasteiger partial charge in [-0.3, -0.25) is 9.59 Å². The topological polar surface area (TPSA) is 46.6 Å². The highest BCUT2D eigenvalue weighted by Gasteiger charge is 2.24. The van der Waals surface area contributed by atoms with Crippen molar-refractivity contribution in [2.24, 2.45) is 0 Å². The molecule has 0 heterocycles. The number of rotatable bonds is 7. The zero-order valence-corrected chi connectivity index (χ0v) is 12.9. The van der Waals surface area contributed by atoms with Crippen LogP contribution in [0.25, 0.3) is 0 Å². The fraction of sp³-hybridized carbons (Fsp3) is 0.200. The van der Waals surface area contributed by atoms with Crippen molar-refractivity contribution in [2.45, 2.75) is 0 Å². The Labute approximate surface area is 126 Å². The van der Waals surface area contributed by atoms with Gasteiger partial charge in [-0.15, -0.1) is 13.2 Å². The molecule has 1 aromatic rings. The molecule has 0 saturated carbocycles. The molecule has 4 nitrogen and oxygen atoms in total. The number of halogens is 1. The van der Waals surface area contributed by atoms with Gasteiger partial charge in [-0.25, -0.2) is 0 Å². The summed E-state index contributed by atoms with van der Waals surface area (Å²) in [5.41, 5.74) is 0.227. The van der Waals surface area contributed by atoms with E-state index in [4.69, 9.17) is 4.74 Å². The van der Waals surface area contributed by atoms with E-state index in [2.05, 4.69) is 29.1 Å². The third-order valence-electron chi connectivity index (χ3n) is 2.59. The van der Waals surface area contributed by atoms with Crippen LogP contribution < -0.4 is 4.74 Å². The lowest BCUT2D eigenvalue weighted by Gasteiger charge is -2.18. The number of carbonyl (C=O) groups is 2. The Hall–Kier alpha value is -1.88. The highest BCUT2D eigenvalue weighted by molar-refractivity contribution is 9.10. The van der Waals surface area contributed by atoms with Crippen LogP contribution in [0, 0.1) is 0 Å². The standard InChI is InChI=1S/C15H16BrNO3/c1-4-8-17(9-5-2)15(19)14(18)12-10-11(16)6-7-13(12)20-3/h4-7,10H,1-2,8-9H2,3H3. The zero-order valence-electron chi connectivity index (χ0n) is 11.3. The van der Waals surface area contributed by atoms with Gasteiger partial charge in [0.25, 0.3) is 11.7 Å². The van der Waals surface area contributed by atoms with Gasteiger partial charge in [0.05, 0.1) is 12.7 Å². The fourth-order valence-electron chi connectivity index (χ4n) is 1.67. The smallest absolute Gasteiger partial charge is 0.295 e. The number of Topliss-reactive ketones (excluding diaryl/α,β-unsaturated/α-hetero) is 1.